The molecule has 0 heterocycles. The number of carbonyl (C=O) groups is 1. The van der Waals surface area contributed by atoms with Crippen LogP contribution in [0.3, 0.4) is 0 Å². The molecule has 1 unspecified atom stereocenters. The average Bonchev–Trinajstić information content (AvgIpc) is 2.60. The van der Waals surface area contributed by atoms with E-state index in [0.29, 0.717) is 18.4 Å². The van der Waals surface area contributed by atoms with Crippen LogP contribution in [-0.4, -0.2) is 23.2 Å². The molecule has 2 N–H and O–H groups in total. The molecule has 23 heavy (non-hydrogen) atoms. The van der Waals surface area contributed by atoms with Crippen molar-refractivity contribution in [2.24, 2.45) is 0 Å². The molecule has 1 atom stereocenters. The van der Waals surface area contributed by atoms with E-state index < -0.39 is 5.60 Å². The number of rotatable bonds is 4. The molecule has 1 aliphatic rings. The monoisotopic (exact) mass is 309 g/mol. The van der Waals surface area contributed by atoms with Gasteiger partial charge in [-0.2, -0.15) is 0 Å². The van der Waals surface area contributed by atoms with Gasteiger partial charge in [0.15, 0.2) is 0 Å². The molecule has 3 nitrogen and oxygen atoms in total. The van der Waals surface area contributed by atoms with E-state index in [1.165, 1.54) is 16.7 Å². The smallest absolute Gasteiger partial charge is 0.251 e. The van der Waals surface area contributed by atoms with Gasteiger partial charge in [0, 0.05) is 18.5 Å². The maximum absolute atomic E-state index is 12.3. The summed E-state index contributed by atoms with van der Waals surface area (Å²) in [7, 11) is 0. The fraction of sp³-hybridized carbons (Fsp3) is 0.350. The summed E-state index contributed by atoms with van der Waals surface area (Å²) in [6.07, 6.45) is 3.09. The highest BCUT2D eigenvalue weighted by Gasteiger charge is 2.32. The molecule has 120 valence electrons. The topological polar surface area (TPSA) is 49.3 Å². The molecule has 2 aromatic carbocycles. The summed E-state index contributed by atoms with van der Waals surface area (Å²) >= 11 is 0. The Morgan fingerprint density at radius 1 is 1.13 bits per heavy atom. The number of benzene rings is 2. The molecule has 0 fully saturated rings. The second-order valence-electron chi connectivity index (χ2n) is 6.40. The molecular weight excluding hydrogens is 286 g/mol. The van der Waals surface area contributed by atoms with E-state index in [1.54, 1.807) is 0 Å². The summed E-state index contributed by atoms with van der Waals surface area (Å²) in [4.78, 5) is 12.3. The van der Waals surface area contributed by atoms with E-state index in [0.717, 1.165) is 12.8 Å². The molecule has 3 rings (SSSR count). The van der Waals surface area contributed by atoms with E-state index in [1.807, 2.05) is 36.4 Å². The lowest BCUT2D eigenvalue weighted by Crippen LogP contribution is -2.46. The summed E-state index contributed by atoms with van der Waals surface area (Å²) in [5, 5.41) is 13.7. The highest BCUT2D eigenvalue weighted by molar-refractivity contribution is 5.94. The number of hydrogen-bond acceptors (Lipinski definition) is 2. The lowest BCUT2D eigenvalue weighted by Gasteiger charge is -2.33. The van der Waals surface area contributed by atoms with Crippen molar-refractivity contribution in [2.75, 3.05) is 6.54 Å². The SMILES string of the molecule is CCc1ccc(C(=O)NCC2(O)CCc3ccccc3C2)cc1. The Kier molecular flexibility index (Phi) is 4.49. The van der Waals surface area contributed by atoms with Gasteiger partial charge in [0.05, 0.1) is 5.60 Å². The molecule has 0 saturated carbocycles. The Balaban J connectivity index is 1.62. The number of nitrogens with one attached hydrogen (secondary N) is 1. The Bertz CT molecular complexity index is 693. The zero-order chi connectivity index (χ0) is 16.3. The highest BCUT2D eigenvalue weighted by atomic mass is 16.3. The van der Waals surface area contributed by atoms with E-state index in [9.17, 15) is 9.90 Å². The largest absolute Gasteiger partial charge is 0.388 e. The third-order valence-electron chi connectivity index (χ3n) is 4.70. The highest BCUT2D eigenvalue weighted by Crippen LogP contribution is 2.28. The molecular formula is C20H23NO2. The molecule has 0 saturated heterocycles. The van der Waals surface area contributed by atoms with Crippen LogP contribution in [0.25, 0.3) is 0 Å². The summed E-state index contributed by atoms with van der Waals surface area (Å²) in [5.74, 6) is -0.125. The van der Waals surface area contributed by atoms with Crippen LogP contribution >= 0.6 is 0 Å². The van der Waals surface area contributed by atoms with Gasteiger partial charge in [-0.1, -0.05) is 43.3 Å². The van der Waals surface area contributed by atoms with Gasteiger partial charge in [-0.05, 0) is 48.1 Å². The predicted molar refractivity (Wildman–Crippen MR) is 91.6 cm³/mol. The fourth-order valence-corrected chi connectivity index (χ4v) is 3.17. The molecule has 0 aliphatic heterocycles. The fourth-order valence-electron chi connectivity index (χ4n) is 3.17. The molecule has 0 spiro atoms. The predicted octanol–water partition coefficient (Wildman–Crippen LogP) is 2.90. The van der Waals surface area contributed by atoms with Crippen LogP contribution < -0.4 is 5.32 Å². The van der Waals surface area contributed by atoms with E-state index in [2.05, 4.69) is 24.4 Å². The summed E-state index contributed by atoms with van der Waals surface area (Å²) in [6, 6.07) is 15.8. The van der Waals surface area contributed by atoms with Gasteiger partial charge in [0.25, 0.3) is 5.91 Å². The lowest BCUT2D eigenvalue weighted by atomic mass is 9.80. The van der Waals surface area contributed by atoms with Crippen LogP contribution in [0.4, 0.5) is 0 Å². The third-order valence-corrected chi connectivity index (χ3v) is 4.70. The first-order chi connectivity index (χ1) is 11.1. The quantitative estimate of drug-likeness (QED) is 0.912. The van der Waals surface area contributed by atoms with Gasteiger partial charge in [-0.25, -0.2) is 0 Å². The molecule has 1 amide bonds. The number of carbonyl (C=O) groups excluding carboxylic acids is 1. The number of fused-ring (bicyclic) bond motifs is 1. The molecule has 3 heteroatoms. The van der Waals surface area contributed by atoms with Gasteiger partial charge >= 0.3 is 0 Å². The van der Waals surface area contributed by atoms with Crippen LogP contribution in [-0.2, 0) is 19.3 Å². The maximum atomic E-state index is 12.3. The summed E-state index contributed by atoms with van der Waals surface area (Å²) in [5.41, 5.74) is 3.49. The minimum absolute atomic E-state index is 0.125. The van der Waals surface area contributed by atoms with Gasteiger partial charge < -0.3 is 10.4 Å². The van der Waals surface area contributed by atoms with Crippen molar-refractivity contribution in [3.05, 3.63) is 70.8 Å². The van der Waals surface area contributed by atoms with E-state index in [4.69, 9.17) is 0 Å². The van der Waals surface area contributed by atoms with Crippen LogP contribution in [0.5, 0.6) is 0 Å². The normalized spacial score (nSPS) is 19.9. The van der Waals surface area contributed by atoms with Crippen LogP contribution in [0, 0.1) is 0 Å². The van der Waals surface area contributed by atoms with Crippen LogP contribution in [0.1, 0.15) is 40.4 Å². The minimum Gasteiger partial charge on any atom is -0.388 e. The zero-order valence-electron chi connectivity index (χ0n) is 13.5. The minimum atomic E-state index is -0.854. The van der Waals surface area contributed by atoms with Gasteiger partial charge in [-0.15, -0.1) is 0 Å². The van der Waals surface area contributed by atoms with E-state index >= 15 is 0 Å². The van der Waals surface area contributed by atoms with Crippen molar-refractivity contribution in [3.63, 3.8) is 0 Å². The Labute approximate surface area is 137 Å². The van der Waals surface area contributed by atoms with Crippen molar-refractivity contribution < 1.29 is 9.90 Å². The first kappa shape index (κ1) is 15.8. The molecule has 2 aromatic rings. The maximum Gasteiger partial charge on any atom is 0.251 e. The standard InChI is InChI=1S/C20H23NO2/c1-2-15-7-9-17(10-8-15)19(22)21-14-20(23)12-11-16-5-3-4-6-18(16)13-20/h3-10,23H,2,11-14H2,1H3,(H,21,22). The zero-order valence-corrected chi connectivity index (χ0v) is 13.5. The van der Waals surface area contributed by atoms with Crippen molar-refractivity contribution in [2.45, 2.75) is 38.2 Å². The van der Waals surface area contributed by atoms with E-state index in [-0.39, 0.29) is 12.5 Å². The third kappa shape index (κ3) is 3.62. The van der Waals surface area contributed by atoms with Crippen molar-refractivity contribution in [1.29, 1.82) is 0 Å². The molecule has 0 aromatic heterocycles. The van der Waals surface area contributed by atoms with Gasteiger partial charge in [0.1, 0.15) is 0 Å². The van der Waals surface area contributed by atoms with Crippen LogP contribution in [0.15, 0.2) is 48.5 Å². The molecule has 0 bridgehead atoms. The second kappa shape index (κ2) is 6.55. The van der Waals surface area contributed by atoms with Crippen molar-refractivity contribution in [3.8, 4) is 0 Å². The summed E-state index contributed by atoms with van der Waals surface area (Å²) < 4.78 is 0. The number of amides is 1. The number of hydrogen-bond donors (Lipinski definition) is 2. The Morgan fingerprint density at radius 2 is 1.83 bits per heavy atom. The van der Waals surface area contributed by atoms with Crippen molar-refractivity contribution >= 4 is 5.91 Å². The van der Waals surface area contributed by atoms with Crippen molar-refractivity contribution in [1.82, 2.24) is 5.32 Å². The Hall–Kier alpha value is -2.13. The first-order valence-corrected chi connectivity index (χ1v) is 8.26. The molecule has 1 aliphatic carbocycles. The Morgan fingerprint density at radius 3 is 2.52 bits per heavy atom. The second-order valence-corrected chi connectivity index (χ2v) is 6.40. The first-order valence-electron chi connectivity index (χ1n) is 8.26. The lowest BCUT2D eigenvalue weighted by molar-refractivity contribution is 0.0260. The number of aryl methyl sites for hydroxylation is 2. The average molecular weight is 309 g/mol. The van der Waals surface area contributed by atoms with Crippen LogP contribution in [0.2, 0.25) is 0 Å². The summed E-state index contributed by atoms with van der Waals surface area (Å²) in [6.45, 7) is 2.38. The number of aliphatic hydroxyl groups is 1. The van der Waals surface area contributed by atoms with Gasteiger partial charge in [-0.3, -0.25) is 4.79 Å². The molecule has 0 radical (unpaired) electrons. The van der Waals surface area contributed by atoms with Gasteiger partial charge in [0.2, 0.25) is 0 Å².